The molecule has 0 bridgehead atoms. The van der Waals surface area contributed by atoms with Crippen molar-refractivity contribution < 1.29 is 9.21 Å². The second-order valence-corrected chi connectivity index (χ2v) is 9.80. The number of carbonyl (C=O) groups is 1. The van der Waals surface area contributed by atoms with Crippen molar-refractivity contribution in [2.45, 2.75) is 20.3 Å². The van der Waals surface area contributed by atoms with E-state index >= 15 is 0 Å². The van der Waals surface area contributed by atoms with Gasteiger partial charge in [0.15, 0.2) is 5.76 Å². The van der Waals surface area contributed by atoms with E-state index in [0.717, 1.165) is 38.7 Å². The highest BCUT2D eigenvalue weighted by Gasteiger charge is 2.34. The molecule has 0 spiro atoms. The zero-order valence-corrected chi connectivity index (χ0v) is 20.2. The minimum absolute atomic E-state index is 0.167. The number of benzene rings is 2. The maximum Gasteiger partial charge on any atom is 0.291 e. The Morgan fingerprint density at radius 3 is 2.73 bits per heavy atom. The van der Waals surface area contributed by atoms with Crippen LogP contribution in [-0.4, -0.2) is 27.0 Å². The van der Waals surface area contributed by atoms with Gasteiger partial charge in [0, 0.05) is 27.5 Å². The molecule has 2 aromatic carbocycles. The maximum absolute atomic E-state index is 13.4. The molecule has 33 heavy (non-hydrogen) atoms. The molecule has 5 aromatic rings. The summed E-state index contributed by atoms with van der Waals surface area (Å²) in [6, 6.07) is 13.4. The Labute approximate surface area is 200 Å². The first-order chi connectivity index (χ1) is 16.0. The van der Waals surface area contributed by atoms with Crippen molar-refractivity contribution in [1.29, 1.82) is 0 Å². The number of para-hydroxylation sites is 1. The average Bonchev–Trinajstić information content (AvgIpc) is 3.51. The summed E-state index contributed by atoms with van der Waals surface area (Å²) in [6.45, 7) is 4.55. The molecule has 164 valence electrons. The van der Waals surface area contributed by atoms with Crippen LogP contribution in [0.15, 0.2) is 56.1 Å². The molecule has 0 aliphatic carbocycles. The molecular weight excluding hydrogens is 504 g/mol. The van der Waals surface area contributed by atoms with Gasteiger partial charge in [0.05, 0.1) is 11.3 Å². The number of aromatic nitrogens is 3. The van der Waals surface area contributed by atoms with Gasteiger partial charge in [-0.05, 0) is 37.6 Å². The second-order valence-electron chi connectivity index (χ2n) is 7.91. The van der Waals surface area contributed by atoms with E-state index < -0.39 is 0 Å². The lowest BCUT2D eigenvalue weighted by molar-refractivity contribution is -0.113. The molecule has 0 radical (unpaired) electrons. The summed E-state index contributed by atoms with van der Waals surface area (Å²) in [6.07, 6.45) is 0.814. The highest BCUT2D eigenvalue weighted by Crippen LogP contribution is 2.37. The van der Waals surface area contributed by atoms with E-state index in [1.54, 1.807) is 4.90 Å². The number of amides is 1. The van der Waals surface area contributed by atoms with Crippen LogP contribution in [-0.2, 0) is 4.79 Å². The summed E-state index contributed by atoms with van der Waals surface area (Å²) in [4.78, 5) is 33.4. The molecule has 0 N–H and O–H groups in total. The lowest BCUT2D eigenvalue weighted by atomic mass is 10.1. The van der Waals surface area contributed by atoms with Gasteiger partial charge in [0.1, 0.15) is 10.1 Å². The summed E-state index contributed by atoms with van der Waals surface area (Å²) < 4.78 is 8.43. The molecular formula is C24H17BrN4O3S. The van der Waals surface area contributed by atoms with Crippen LogP contribution in [0.3, 0.4) is 0 Å². The van der Waals surface area contributed by atoms with Crippen molar-refractivity contribution in [2.75, 3.05) is 11.4 Å². The number of anilines is 1. The Kier molecular flexibility index (Phi) is 4.53. The molecule has 1 aliphatic rings. The molecule has 6 rings (SSSR count). The van der Waals surface area contributed by atoms with Crippen molar-refractivity contribution >= 4 is 60.4 Å². The molecule has 0 unspecified atom stereocenters. The van der Waals surface area contributed by atoms with E-state index in [4.69, 9.17) is 4.42 Å². The van der Waals surface area contributed by atoms with Crippen LogP contribution in [0.25, 0.3) is 33.1 Å². The summed E-state index contributed by atoms with van der Waals surface area (Å²) in [5.41, 5.74) is 3.29. The fraction of sp³-hybridized carbons (Fsp3) is 0.167. The van der Waals surface area contributed by atoms with Gasteiger partial charge in [-0.25, -0.2) is 0 Å². The molecule has 1 aliphatic heterocycles. The van der Waals surface area contributed by atoms with Crippen LogP contribution in [0, 0.1) is 6.92 Å². The Balaban J connectivity index is 1.56. The summed E-state index contributed by atoms with van der Waals surface area (Å²) >= 11 is 4.67. The van der Waals surface area contributed by atoms with Crippen molar-refractivity contribution in [1.82, 2.24) is 14.6 Å². The number of hydrogen-bond acceptors (Lipinski definition) is 6. The summed E-state index contributed by atoms with van der Waals surface area (Å²) in [7, 11) is 0. The third-order valence-electron chi connectivity index (χ3n) is 5.86. The van der Waals surface area contributed by atoms with Crippen molar-refractivity contribution in [3.8, 4) is 11.6 Å². The second kappa shape index (κ2) is 7.36. The minimum atomic E-state index is -0.352. The van der Waals surface area contributed by atoms with Crippen molar-refractivity contribution in [3.63, 3.8) is 0 Å². The first kappa shape index (κ1) is 20.3. The average molecular weight is 521 g/mol. The van der Waals surface area contributed by atoms with Gasteiger partial charge in [-0.2, -0.15) is 9.50 Å². The molecule has 7 nitrogen and oxygen atoms in total. The van der Waals surface area contributed by atoms with E-state index in [-0.39, 0.29) is 11.5 Å². The van der Waals surface area contributed by atoms with E-state index in [9.17, 15) is 9.59 Å². The number of fused-ring (bicyclic) bond motifs is 3. The molecule has 3 aromatic heterocycles. The van der Waals surface area contributed by atoms with E-state index in [1.165, 1.54) is 15.9 Å². The van der Waals surface area contributed by atoms with Gasteiger partial charge < -0.3 is 9.32 Å². The molecule has 0 fully saturated rings. The zero-order chi connectivity index (χ0) is 22.9. The molecule has 9 heteroatoms. The van der Waals surface area contributed by atoms with Crippen LogP contribution in [0.4, 0.5) is 5.69 Å². The lowest BCUT2D eigenvalue weighted by Gasteiger charge is -2.15. The highest BCUT2D eigenvalue weighted by atomic mass is 79.9. The van der Waals surface area contributed by atoms with Crippen molar-refractivity contribution in [3.05, 3.63) is 73.0 Å². The Morgan fingerprint density at radius 2 is 1.97 bits per heavy atom. The highest BCUT2D eigenvalue weighted by molar-refractivity contribution is 9.10. The van der Waals surface area contributed by atoms with Gasteiger partial charge >= 0.3 is 0 Å². The van der Waals surface area contributed by atoms with Crippen LogP contribution >= 0.6 is 27.3 Å². The van der Waals surface area contributed by atoms with Gasteiger partial charge in [0.2, 0.25) is 10.8 Å². The van der Waals surface area contributed by atoms with Crippen molar-refractivity contribution in [2.24, 2.45) is 0 Å². The number of carbonyl (C=O) groups excluding carboxylic acids is 1. The van der Waals surface area contributed by atoms with Gasteiger partial charge in [-0.3, -0.25) is 9.59 Å². The standard InChI is InChI=1S/C24H17BrN4O3S/c1-3-10-28-16-9-8-13(25)11-15(16)18(22(28)30)20-23(31)29-24(33-20)26-21(27-29)19-12(2)14-6-4-5-7-17(14)32-19/h4-9,11H,3,10H2,1-2H3. The number of thiazole rings is 1. The van der Waals surface area contributed by atoms with E-state index in [1.807, 2.05) is 56.3 Å². The first-order valence-corrected chi connectivity index (χ1v) is 12.1. The third kappa shape index (κ3) is 2.92. The number of aryl methyl sites for hydroxylation is 1. The van der Waals surface area contributed by atoms with Gasteiger partial charge in [0.25, 0.3) is 11.5 Å². The van der Waals surface area contributed by atoms with E-state index in [0.29, 0.717) is 33.2 Å². The number of rotatable bonds is 3. The lowest BCUT2D eigenvalue weighted by Crippen LogP contribution is -2.32. The third-order valence-corrected chi connectivity index (χ3v) is 7.38. The Bertz CT molecular complexity index is 1720. The van der Waals surface area contributed by atoms with Gasteiger partial charge in [-0.1, -0.05) is 52.4 Å². The minimum Gasteiger partial charge on any atom is -0.452 e. The van der Waals surface area contributed by atoms with Crippen LogP contribution in [0.2, 0.25) is 0 Å². The molecule has 0 saturated heterocycles. The topological polar surface area (TPSA) is 80.7 Å². The van der Waals surface area contributed by atoms with Crippen LogP contribution < -0.4 is 15.0 Å². The Hall–Kier alpha value is -3.30. The number of furan rings is 1. The normalized spacial score (nSPS) is 15.2. The molecule has 1 amide bonds. The largest absolute Gasteiger partial charge is 0.452 e. The number of hydrogen-bond donors (Lipinski definition) is 0. The number of nitrogens with zero attached hydrogens (tertiary/aromatic N) is 4. The van der Waals surface area contributed by atoms with E-state index in [2.05, 4.69) is 26.0 Å². The first-order valence-electron chi connectivity index (χ1n) is 10.5. The molecule has 4 heterocycles. The quantitative estimate of drug-likeness (QED) is 0.354. The smallest absolute Gasteiger partial charge is 0.291 e. The monoisotopic (exact) mass is 520 g/mol. The maximum atomic E-state index is 13.4. The molecule has 0 atom stereocenters. The fourth-order valence-corrected chi connectivity index (χ4v) is 5.70. The SMILES string of the molecule is CCCN1C(=O)C(=c2sc3nc(-c4oc5ccccc5c4C)nn3c2=O)c2cc(Br)ccc21. The van der Waals surface area contributed by atoms with Gasteiger partial charge in [-0.15, -0.1) is 5.10 Å². The zero-order valence-electron chi connectivity index (χ0n) is 17.8. The fourth-order valence-electron chi connectivity index (χ4n) is 4.34. The predicted octanol–water partition coefficient (Wildman–Crippen LogP) is 4.31. The van der Waals surface area contributed by atoms with Crippen LogP contribution in [0.1, 0.15) is 24.5 Å². The van der Waals surface area contributed by atoms with Crippen LogP contribution in [0.5, 0.6) is 0 Å². The molecule has 0 saturated carbocycles. The summed E-state index contributed by atoms with van der Waals surface area (Å²) in [5, 5.41) is 5.43. The summed E-state index contributed by atoms with van der Waals surface area (Å²) in [5.74, 6) is 0.734. The number of halogens is 1. The predicted molar refractivity (Wildman–Crippen MR) is 132 cm³/mol. The Morgan fingerprint density at radius 1 is 1.15 bits per heavy atom.